The third-order valence-electron chi connectivity index (χ3n) is 10.8. The highest BCUT2D eigenvalue weighted by molar-refractivity contribution is 7.80. The molecule has 0 saturated carbocycles. The van der Waals surface area contributed by atoms with Gasteiger partial charge in [0, 0.05) is 25.7 Å². The fraction of sp³-hybridized carbons (Fsp3) is 0.432. The second-order valence-corrected chi connectivity index (χ2v) is 51.9. The van der Waals surface area contributed by atoms with Gasteiger partial charge in [-0.1, -0.05) is 70.1 Å². The first-order valence-electron chi connectivity index (χ1n) is 20.3. The van der Waals surface area contributed by atoms with Crippen LogP contribution in [0.1, 0.15) is 20.8 Å². The number of rotatable bonds is 12. The van der Waals surface area contributed by atoms with E-state index in [1.165, 1.54) is 0 Å². The van der Waals surface area contributed by atoms with Crippen LogP contribution in [-0.4, -0.2) is 119 Å². The molecule has 11 nitrogen and oxygen atoms in total. The van der Waals surface area contributed by atoms with Crippen LogP contribution in [0.25, 0.3) is 0 Å². The van der Waals surface area contributed by atoms with E-state index in [2.05, 4.69) is 235 Å². The van der Waals surface area contributed by atoms with Gasteiger partial charge in [-0.25, -0.2) is 4.99 Å². The quantitative estimate of drug-likeness (QED) is 0.0600. The molecule has 3 saturated heterocycles. The third-order valence-corrected chi connectivity index (χ3v) is 54.1. The van der Waals surface area contributed by atoms with E-state index in [-0.39, 0.29) is 0 Å². The minimum atomic E-state index is -2.06. The molecule has 0 amide bonds. The first-order valence-corrected chi connectivity index (χ1v) is 44.8. The van der Waals surface area contributed by atoms with Gasteiger partial charge in [0.25, 0.3) is 8.40 Å². The van der Waals surface area contributed by atoms with Crippen molar-refractivity contribution >= 4 is 127 Å². The number of thiocarbonyl (C=S) groups is 3. The third kappa shape index (κ3) is 16.4. The first-order chi connectivity index (χ1) is 27.6. The van der Waals surface area contributed by atoms with Gasteiger partial charge in [-0.15, -0.1) is 59.2 Å². The molecule has 336 valence electrons. The minimum Gasteiger partial charge on any atom is -0.378 e. The Morgan fingerprint density at radius 2 is 0.850 bits per heavy atom. The highest BCUT2D eigenvalue weighted by atomic mass is 32.1. The molecule has 0 spiro atoms. The molecule has 6 atom stereocenters. The molecular formula is C37H79N11S3Si9. The lowest BCUT2D eigenvalue weighted by atomic mass is 10.6. The average molecular weight is 1030 g/mol. The van der Waals surface area contributed by atoms with Crippen molar-refractivity contribution in [2.75, 3.05) is 19.6 Å². The van der Waals surface area contributed by atoms with Crippen molar-refractivity contribution < 1.29 is 0 Å². The Hall–Kier alpha value is -1.29. The van der Waals surface area contributed by atoms with Crippen LogP contribution < -0.4 is 37.5 Å². The standard InChI is InChI=1S/C13H27N3SSi3.C12H26N4SSi3.C9H21N3Si3.C3H5NS/c1-8-16-13(17)12-18(5,9-2)14-19(6,10-3)15-20(16,7)11-4;1-8-16-12(17)13-18(5,9-2)14-19(6,10-3)15-20(16,7)11-4;1-7-13(4)10-14(5,8-2)12-15(6,9-3)11-13;1-2-4-3-5/h9-11,14-15H,2-4,8,12H2,1,5-7H3;9-11,14-15H,2-4,8H2,1,5-7H3,(H,13,17);7-12H,1-3H2,4-6H3;2H2,1H3. The number of isothiocyanates is 1. The Labute approximate surface area is 391 Å². The molecule has 0 bridgehead atoms. The topological polar surface area (TPSA) is 115 Å². The molecule has 0 aliphatic carbocycles. The largest absolute Gasteiger partial charge is 0.378 e. The Balaban J connectivity index is 0.000000830. The van der Waals surface area contributed by atoms with Gasteiger partial charge < -0.3 is 46.6 Å². The summed E-state index contributed by atoms with van der Waals surface area (Å²) >= 11 is 15.6. The van der Waals surface area contributed by atoms with Gasteiger partial charge in [0.05, 0.1) is 10.1 Å². The van der Waals surface area contributed by atoms with Crippen molar-refractivity contribution in [2.45, 2.75) is 85.7 Å². The summed E-state index contributed by atoms with van der Waals surface area (Å²) in [5.74, 6) is 0. The van der Waals surface area contributed by atoms with Crippen molar-refractivity contribution in [1.29, 1.82) is 0 Å². The Morgan fingerprint density at radius 1 is 0.517 bits per heavy atom. The fourth-order valence-electron chi connectivity index (χ4n) is 7.44. The van der Waals surface area contributed by atoms with Crippen molar-refractivity contribution in [3.63, 3.8) is 0 Å². The van der Waals surface area contributed by atoms with E-state index in [0.29, 0.717) is 0 Å². The first kappa shape index (κ1) is 58.7. The fourth-order valence-corrected chi connectivity index (χ4v) is 57.1. The SMILES string of the molecule is C=C[Si]1(C)CC(=S)N(CC)[Si](C)(C=C)N[Si](C)(C=C)N1.C=C[Si]1(C)NC(=S)N(CC)[Si](C)(C=C)N[Si](C)(C=C)N1.C=C[Si]1(C)N[Si](C)(C=C)N[Si](C)(C=C)N1.CCN=C=S. The van der Waals surface area contributed by atoms with Crippen LogP contribution in [0, 0.1) is 0 Å². The van der Waals surface area contributed by atoms with Gasteiger partial charge in [0.2, 0.25) is 58.8 Å². The summed E-state index contributed by atoms with van der Waals surface area (Å²) in [7, 11) is -17.1. The maximum Gasteiger partial charge on any atom is 0.251 e. The zero-order valence-corrected chi connectivity index (χ0v) is 50.4. The summed E-state index contributed by atoms with van der Waals surface area (Å²) in [5.41, 5.74) is 18.5. The van der Waals surface area contributed by atoms with Crippen LogP contribution in [0.5, 0.6) is 0 Å². The molecule has 3 fully saturated rings. The second kappa shape index (κ2) is 24.1. The van der Waals surface area contributed by atoms with Crippen molar-refractivity contribution in [3.8, 4) is 0 Å². The molecule has 60 heavy (non-hydrogen) atoms. The molecule has 0 aromatic rings. The maximum atomic E-state index is 5.72. The van der Waals surface area contributed by atoms with Crippen LogP contribution in [0.2, 0.25) is 65.0 Å². The summed E-state index contributed by atoms with van der Waals surface area (Å²) in [6.45, 7) is 65.0. The summed E-state index contributed by atoms with van der Waals surface area (Å²) in [6, 6.07) is 0.925. The predicted molar refractivity (Wildman–Crippen MR) is 302 cm³/mol. The zero-order valence-electron chi connectivity index (χ0n) is 39.0. The number of aliphatic imine (C=N–C) groups is 1. The van der Waals surface area contributed by atoms with Crippen LogP contribution in [0.3, 0.4) is 0 Å². The molecule has 3 rings (SSSR count). The van der Waals surface area contributed by atoms with Gasteiger partial charge in [0.15, 0.2) is 5.11 Å². The van der Waals surface area contributed by atoms with Gasteiger partial charge in [-0.2, -0.15) is 0 Å². The predicted octanol–water partition coefficient (Wildman–Crippen LogP) is 6.76. The molecule has 0 aromatic carbocycles. The monoisotopic (exact) mass is 1030 g/mol. The molecule has 3 aliphatic heterocycles. The van der Waals surface area contributed by atoms with Gasteiger partial charge in [-0.05, 0) is 97.6 Å². The van der Waals surface area contributed by atoms with Crippen LogP contribution in [-0.2, 0) is 0 Å². The van der Waals surface area contributed by atoms with E-state index < -0.39 is 75.4 Å². The number of hydrogen-bond donors (Lipinski definition) is 8. The molecule has 23 heteroatoms. The smallest absolute Gasteiger partial charge is 0.251 e. The average Bonchev–Trinajstić information content (AvgIpc) is 3.18. The van der Waals surface area contributed by atoms with Crippen molar-refractivity contribution in [3.05, 3.63) is 111 Å². The van der Waals surface area contributed by atoms with Crippen molar-refractivity contribution in [1.82, 2.24) is 46.6 Å². The number of hydrogen-bond acceptors (Lipinski definition) is 11. The van der Waals surface area contributed by atoms with Gasteiger partial charge >= 0.3 is 0 Å². The Bertz CT molecular complexity index is 1560. The molecule has 3 heterocycles. The summed E-state index contributed by atoms with van der Waals surface area (Å²) < 4.78 is 31.1. The lowest BCUT2D eigenvalue weighted by molar-refractivity contribution is 0.632. The Morgan fingerprint density at radius 3 is 1.13 bits per heavy atom. The molecule has 3 aliphatic rings. The lowest BCUT2D eigenvalue weighted by Gasteiger charge is -2.49. The highest BCUT2D eigenvalue weighted by Crippen LogP contribution is 2.23. The number of nitrogens with one attached hydrogen (secondary N) is 8. The van der Waals surface area contributed by atoms with Gasteiger partial charge in [0.1, 0.15) is 8.24 Å². The van der Waals surface area contributed by atoms with E-state index in [1.807, 2.05) is 24.0 Å². The molecule has 8 N–H and O–H groups in total. The summed E-state index contributed by atoms with van der Waals surface area (Å²) in [4.78, 5) is 8.10. The van der Waals surface area contributed by atoms with Crippen molar-refractivity contribution in [2.24, 2.45) is 4.99 Å². The molecule has 6 unspecified atom stereocenters. The van der Waals surface area contributed by atoms with E-state index in [9.17, 15) is 0 Å². The van der Waals surface area contributed by atoms with E-state index in [4.69, 9.17) is 24.4 Å². The normalized spacial score (nSPS) is 37.7. The van der Waals surface area contributed by atoms with Crippen LogP contribution >= 0.6 is 36.7 Å². The van der Waals surface area contributed by atoms with E-state index in [1.54, 1.807) is 0 Å². The van der Waals surface area contributed by atoms with E-state index >= 15 is 0 Å². The van der Waals surface area contributed by atoms with Crippen LogP contribution in [0.4, 0.5) is 0 Å². The molecular weight excluding hydrogens is 947 g/mol. The lowest BCUT2D eigenvalue weighted by Crippen LogP contribution is -2.89. The van der Waals surface area contributed by atoms with E-state index in [0.717, 1.165) is 35.8 Å². The second-order valence-electron chi connectivity index (χ2n) is 16.7. The summed E-state index contributed by atoms with van der Waals surface area (Å²) in [5, 5.41) is 3.01. The molecule has 0 radical (unpaired) electrons. The summed E-state index contributed by atoms with van der Waals surface area (Å²) in [6.07, 6.45) is 0. The molecule has 0 aromatic heterocycles. The number of nitrogens with zero attached hydrogens (tertiary/aromatic N) is 3. The van der Waals surface area contributed by atoms with Crippen LogP contribution in [0.15, 0.2) is 115 Å². The Kier molecular flexibility index (Phi) is 23.6. The maximum absolute atomic E-state index is 5.72. The van der Waals surface area contributed by atoms with Gasteiger partial charge in [-0.3, -0.25) is 0 Å². The minimum absolute atomic E-state index is 0.753. The zero-order chi connectivity index (χ0) is 47.1. The highest BCUT2D eigenvalue weighted by Gasteiger charge is 2.49.